The first-order valence-corrected chi connectivity index (χ1v) is 11.6. The Morgan fingerprint density at radius 1 is 0.784 bits per heavy atom. The van der Waals surface area contributed by atoms with Crippen molar-refractivity contribution in [3.63, 3.8) is 0 Å². The Morgan fingerprint density at radius 2 is 1.51 bits per heavy atom. The van der Waals surface area contributed by atoms with E-state index in [4.69, 9.17) is 16.3 Å². The summed E-state index contributed by atoms with van der Waals surface area (Å²) < 4.78 is 5.53. The Balaban J connectivity index is 1.40. The quantitative estimate of drug-likeness (QED) is 0.140. The topological polar surface area (TPSA) is 96.9 Å². The smallest absolute Gasteiger partial charge is 0.343 e. The molecule has 0 aromatic heterocycles. The van der Waals surface area contributed by atoms with Crippen LogP contribution in [0.3, 0.4) is 0 Å². The zero-order valence-corrected chi connectivity index (χ0v) is 20.5. The molecular weight excluding hydrogens is 490 g/mol. The highest BCUT2D eigenvalue weighted by Crippen LogP contribution is 2.18. The van der Waals surface area contributed by atoms with E-state index in [0.717, 1.165) is 5.56 Å². The zero-order chi connectivity index (χ0) is 26.2. The van der Waals surface area contributed by atoms with E-state index in [-0.39, 0.29) is 5.91 Å². The molecule has 0 radical (unpaired) electrons. The number of benzene rings is 4. The maximum Gasteiger partial charge on any atom is 0.343 e. The van der Waals surface area contributed by atoms with Crippen LogP contribution in [0.25, 0.3) is 0 Å². The molecule has 0 heterocycles. The number of hydrogen-bond acceptors (Lipinski definition) is 5. The van der Waals surface area contributed by atoms with Gasteiger partial charge in [0.05, 0.1) is 11.8 Å². The van der Waals surface area contributed by atoms with Gasteiger partial charge in [0.15, 0.2) is 0 Å². The molecule has 4 rings (SSSR count). The summed E-state index contributed by atoms with van der Waals surface area (Å²) in [6, 6.07) is 26.9. The van der Waals surface area contributed by atoms with Crippen LogP contribution >= 0.6 is 11.6 Å². The molecule has 0 spiro atoms. The molecule has 8 heteroatoms. The van der Waals surface area contributed by atoms with Gasteiger partial charge in [-0.15, -0.1) is 0 Å². The SMILES string of the molecule is Cc1cccc(C(=O)Oc2ccccc2C=NNC(=O)c2cccc(NC(=O)c3ccc(Cl)cc3)c2)c1. The molecular formula is C29H22ClN3O4. The van der Waals surface area contributed by atoms with Gasteiger partial charge in [0.1, 0.15) is 5.75 Å². The molecule has 0 aliphatic heterocycles. The molecule has 37 heavy (non-hydrogen) atoms. The second-order valence-electron chi connectivity index (χ2n) is 8.04. The van der Waals surface area contributed by atoms with Crippen molar-refractivity contribution < 1.29 is 19.1 Å². The van der Waals surface area contributed by atoms with Gasteiger partial charge in [-0.3, -0.25) is 9.59 Å². The summed E-state index contributed by atoms with van der Waals surface area (Å²) in [5, 5.41) is 7.28. The number of ether oxygens (including phenoxy) is 1. The molecule has 0 aliphatic carbocycles. The number of carbonyl (C=O) groups excluding carboxylic acids is 3. The third-order valence-electron chi connectivity index (χ3n) is 5.23. The summed E-state index contributed by atoms with van der Waals surface area (Å²) >= 11 is 5.86. The summed E-state index contributed by atoms with van der Waals surface area (Å²) in [6.45, 7) is 1.89. The Morgan fingerprint density at radius 3 is 2.30 bits per heavy atom. The fourth-order valence-electron chi connectivity index (χ4n) is 3.38. The number of para-hydroxylation sites is 1. The monoisotopic (exact) mass is 511 g/mol. The maximum atomic E-state index is 12.6. The van der Waals surface area contributed by atoms with Crippen molar-refractivity contribution in [2.24, 2.45) is 5.10 Å². The molecule has 0 aliphatic rings. The van der Waals surface area contributed by atoms with Crippen molar-refractivity contribution in [2.45, 2.75) is 6.92 Å². The third kappa shape index (κ3) is 6.90. The van der Waals surface area contributed by atoms with Crippen molar-refractivity contribution in [1.82, 2.24) is 5.43 Å². The van der Waals surface area contributed by atoms with Gasteiger partial charge >= 0.3 is 5.97 Å². The van der Waals surface area contributed by atoms with Crippen LogP contribution in [0.4, 0.5) is 5.69 Å². The minimum absolute atomic E-state index is 0.296. The third-order valence-corrected chi connectivity index (χ3v) is 5.49. The molecule has 184 valence electrons. The van der Waals surface area contributed by atoms with Gasteiger partial charge in [0.2, 0.25) is 0 Å². The molecule has 0 bridgehead atoms. The number of nitrogens with zero attached hydrogens (tertiary/aromatic N) is 1. The molecule has 0 fully saturated rings. The molecule has 4 aromatic rings. The predicted octanol–water partition coefficient (Wildman–Crippen LogP) is 5.88. The first-order chi connectivity index (χ1) is 17.9. The number of halogens is 1. The van der Waals surface area contributed by atoms with Gasteiger partial charge in [-0.1, -0.05) is 47.5 Å². The Kier molecular flexibility index (Phi) is 8.08. The van der Waals surface area contributed by atoms with Gasteiger partial charge in [0, 0.05) is 27.4 Å². The average Bonchev–Trinajstić information content (AvgIpc) is 2.90. The van der Waals surface area contributed by atoms with Crippen molar-refractivity contribution in [2.75, 3.05) is 5.32 Å². The first-order valence-electron chi connectivity index (χ1n) is 11.3. The number of rotatable bonds is 7. The van der Waals surface area contributed by atoms with E-state index in [0.29, 0.717) is 38.7 Å². The van der Waals surface area contributed by atoms with E-state index in [1.54, 1.807) is 84.9 Å². The number of aryl methyl sites for hydroxylation is 1. The predicted molar refractivity (Wildman–Crippen MR) is 143 cm³/mol. The highest BCUT2D eigenvalue weighted by molar-refractivity contribution is 6.30. The van der Waals surface area contributed by atoms with Gasteiger partial charge in [-0.05, 0) is 73.7 Å². The first kappa shape index (κ1) is 25.3. The van der Waals surface area contributed by atoms with Gasteiger partial charge in [-0.2, -0.15) is 5.10 Å². The highest BCUT2D eigenvalue weighted by atomic mass is 35.5. The van der Waals surface area contributed by atoms with E-state index in [9.17, 15) is 14.4 Å². The molecule has 0 atom stereocenters. The molecule has 0 unspecified atom stereocenters. The molecule has 2 N–H and O–H groups in total. The molecule has 2 amide bonds. The Bertz CT molecular complexity index is 1480. The van der Waals surface area contributed by atoms with E-state index in [2.05, 4.69) is 15.8 Å². The summed E-state index contributed by atoms with van der Waals surface area (Å²) in [5.41, 5.74) is 5.52. The van der Waals surface area contributed by atoms with Crippen molar-refractivity contribution in [1.29, 1.82) is 0 Å². The number of carbonyl (C=O) groups is 3. The van der Waals surface area contributed by atoms with Crippen LogP contribution in [0, 0.1) is 6.92 Å². The molecule has 0 saturated carbocycles. The van der Waals surface area contributed by atoms with Crippen LogP contribution in [0.15, 0.2) is 102 Å². The summed E-state index contributed by atoms with van der Waals surface area (Å²) in [4.78, 5) is 37.6. The van der Waals surface area contributed by atoms with Crippen molar-refractivity contribution in [3.05, 3.63) is 130 Å². The van der Waals surface area contributed by atoms with E-state index in [1.807, 2.05) is 13.0 Å². The second-order valence-corrected chi connectivity index (χ2v) is 8.47. The number of amides is 2. The minimum atomic E-state index is -0.494. The second kappa shape index (κ2) is 11.8. The minimum Gasteiger partial charge on any atom is -0.422 e. The van der Waals surface area contributed by atoms with Crippen LogP contribution in [-0.2, 0) is 0 Å². The lowest BCUT2D eigenvalue weighted by Crippen LogP contribution is -2.18. The van der Waals surface area contributed by atoms with Crippen molar-refractivity contribution in [3.8, 4) is 5.75 Å². The van der Waals surface area contributed by atoms with E-state index in [1.165, 1.54) is 12.3 Å². The number of anilines is 1. The highest BCUT2D eigenvalue weighted by Gasteiger charge is 2.12. The Labute approximate surface area is 218 Å². The van der Waals surface area contributed by atoms with Crippen LogP contribution in [0.2, 0.25) is 5.02 Å². The summed E-state index contributed by atoms with van der Waals surface area (Å²) in [5.74, 6) is -0.998. The number of nitrogens with one attached hydrogen (secondary N) is 2. The lowest BCUT2D eigenvalue weighted by molar-refractivity contribution is 0.0733. The largest absolute Gasteiger partial charge is 0.422 e. The number of hydrazone groups is 1. The average molecular weight is 512 g/mol. The van der Waals surface area contributed by atoms with E-state index >= 15 is 0 Å². The summed E-state index contributed by atoms with van der Waals surface area (Å²) in [7, 11) is 0. The normalized spacial score (nSPS) is 10.6. The standard InChI is InChI=1S/C29H22ClN3O4/c1-19-6-4-9-22(16-19)29(36)37-26-11-3-2-7-23(26)18-31-33-28(35)21-8-5-10-25(17-21)32-27(34)20-12-14-24(30)15-13-20/h2-18H,1H3,(H,32,34)(H,33,35). The molecule has 7 nitrogen and oxygen atoms in total. The van der Waals surface area contributed by atoms with Gasteiger partial charge in [-0.25, -0.2) is 10.2 Å². The fourth-order valence-corrected chi connectivity index (χ4v) is 3.50. The lowest BCUT2D eigenvalue weighted by Gasteiger charge is -2.08. The van der Waals surface area contributed by atoms with Crippen LogP contribution in [0.5, 0.6) is 5.75 Å². The molecule has 0 saturated heterocycles. The Hall–Kier alpha value is -4.75. The van der Waals surface area contributed by atoms with Crippen molar-refractivity contribution >= 4 is 41.3 Å². The van der Waals surface area contributed by atoms with Gasteiger partial charge in [0.25, 0.3) is 11.8 Å². The number of hydrogen-bond donors (Lipinski definition) is 2. The zero-order valence-electron chi connectivity index (χ0n) is 19.8. The van der Waals surface area contributed by atoms with E-state index < -0.39 is 11.9 Å². The fraction of sp³-hybridized carbons (Fsp3) is 0.0345. The van der Waals surface area contributed by atoms with Crippen LogP contribution < -0.4 is 15.5 Å². The lowest BCUT2D eigenvalue weighted by atomic mass is 10.1. The molecule has 4 aromatic carbocycles. The summed E-state index contributed by atoms with van der Waals surface area (Å²) in [6.07, 6.45) is 1.39. The van der Waals surface area contributed by atoms with Gasteiger partial charge < -0.3 is 10.1 Å². The van der Waals surface area contributed by atoms with Crippen LogP contribution in [-0.4, -0.2) is 24.0 Å². The number of esters is 1. The maximum absolute atomic E-state index is 12.6. The van der Waals surface area contributed by atoms with Crippen LogP contribution in [0.1, 0.15) is 42.2 Å².